The summed E-state index contributed by atoms with van der Waals surface area (Å²) >= 11 is -1.55. The molecule has 1 rings (SSSR count). The summed E-state index contributed by atoms with van der Waals surface area (Å²) in [5, 5.41) is 8.79. The third-order valence-electron chi connectivity index (χ3n) is 1.51. The first kappa shape index (κ1) is 11.8. The molecule has 0 amide bonds. The maximum atomic E-state index is 10.8. The molecule has 0 bridgehead atoms. The van der Waals surface area contributed by atoms with E-state index < -0.39 is 33.1 Å². The van der Waals surface area contributed by atoms with Gasteiger partial charge in [-0.15, -0.1) is 0 Å². The van der Waals surface area contributed by atoms with E-state index in [0.717, 1.165) is 0 Å². The van der Waals surface area contributed by atoms with Crippen LogP contribution < -0.4 is 4.74 Å². The fourth-order valence-corrected chi connectivity index (χ4v) is 1.92. The van der Waals surface area contributed by atoms with Gasteiger partial charge in [-0.1, -0.05) is 0 Å². The number of carboxylic acid groups (broad SMARTS) is 1. The van der Waals surface area contributed by atoms with Crippen LogP contribution in [0.25, 0.3) is 0 Å². The lowest BCUT2D eigenvalue weighted by molar-refractivity contribution is -0.131. The molecule has 0 spiro atoms. The van der Waals surface area contributed by atoms with Crippen molar-refractivity contribution in [3.63, 3.8) is 0 Å². The maximum absolute atomic E-state index is 10.8. The molecule has 0 radical (unpaired) electrons. The fourth-order valence-electron chi connectivity index (χ4n) is 0.965. The third kappa shape index (κ3) is 3.08. The largest absolute Gasteiger partial charge is 0.478 e. The molecule has 1 N–H and O–H groups in total. The highest BCUT2D eigenvalue weighted by Crippen LogP contribution is 2.22. The zero-order chi connectivity index (χ0) is 11.4. The van der Waals surface area contributed by atoms with E-state index in [-0.39, 0.29) is 14.9 Å². The first-order valence-electron chi connectivity index (χ1n) is 3.87. The van der Waals surface area contributed by atoms with Gasteiger partial charge in [-0.2, -0.15) is 0 Å². The number of halogens is 1. The number of carbonyl (C=O) groups excluding carboxylic acids is 1. The zero-order valence-corrected chi connectivity index (χ0v) is 9.85. The van der Waals surface area contributed by atoms with Crippen molar-refractivity contribution in [1.29, 1.82) is 0 Å². The van der Waals surface area contributed by atoms with Crippen molar-refractivity contribution in [1.82, 2.24) is 0 Å². The molecular weight excluding hydrogens is 315 g/mol. The van der Waals surface area contributed by atoms with E-state index in [9.17, 15) is 12.7 Å². The van der Waals surface area contributed by atoms with Gasteiger partial charge in [-0.05, 0) is 18.2 Å². The number of carboxylic acids is 1. The molecule has 0 heterocycles. The molecule has 1 aromatic carbocycles. The van der Waals surface area contributed by atoms with E-state index in [1.54, 1.807) is 0 Å². The topological polar surface area (TPSA) is 80.7 Å². The first-order valence-corrected chi connectivity index (χ1v) is 5.83. The second kappa shape index (κ2) is 4.96. The Hall–Kier alpha value is -1.31. The number of hydrogen-bond donors (Lipinski definition) is 1. The van der Waals surface area contributed by atoms with E-state index in [1.165, 1.54) is 25.1 Å². The smallest absolute Gasteiger partial charge is 0.337 e. The van der Waals surface area contributed by atoms with Crippen LogP contribution in [0.4, 0.5) is 0 Å². The van der Waals surface area contributed by atoms with Crippen LogP contribution in [-0.2, 0) is 7.86 Å². The summed E-state index contributed by atoms with van der Waals surface area (Å²) in [6, 6.07) is 4.00. The maximum Gasteiger partial charge on any atom is 0.337 e. The van der Waals surface area contributed by atoms with E-state index in [2.05, 4.69) is 0 Å². The predicted octanol–water partition coefficient (Wildman–Crippen LogP) is 1.80. The molecular formula is C9H7IO5. The monoisotopic (exact) mass is 322 g/mol. The molecule has 0 saturated heterocycles. The standard InChI is InChI=1S/C9H7IO5/c1-5(11)15-6-2-3-8(10-14)7(4-6)9(12)13/h2-4H,1H3,(H,12,13). The highest BCUT2D eigenvalue weighted by atomic mass is 127. The number of hydrogen-bond acceptors (Lipinski definition) is 4. The van der Waals surface area contributed by atoms with Crippen molar-refractivity contribution >= 4 is 33.1 Å². The van der Waals surface area contributed by atoms with Crippen molar-refractivity contribution in [2.24, 2.45) is 0 Å². The Bertz CT molecular complexity index is 427. The summed E-state index contributed by atoms with van der Waals surface area (Å²) in [7, 11) is 0. The minimum atomic E-state index is -1.55. The molecule has 6 heteroatoms. The number of benzene rings is 1. The number of carbonyl (C=O) groups is 2. The van der Waals surface area contributed by atoms with Crippen molar-refractivity contribution in [3.05, 3.63) is 27.3 Å². The molecule has 0 aliphatic carbocycles. The normalized spacial score (nSPS) is 9.67. The summed E-state index contributed by atoms with van der Waals surface area (Å²) in [4.78, 5) is 21.4. The van der Waals surface area contributed by atoms with Crippen LogP contribution in [-0.4, -0.2) is 17.0 Å². The minimum Gasteiger partial charge on any atom is -0.478 e. The van der Waals surface area contributed by atoms with Gasteiger partial charge in [0.15, 0.2) is 21.2 Å². The van der Waals surface area contributed by atoms with Crippen molar-refractivity contribution in [2.45, 2.75) is 6.92 Å². The number of esters is 1. The lowest BCUT2D eigenvalue weighted by atomic mass is 10.2. The predicted molar refractivity (Wildman–Crippen MR) is 58.1 cm³/mol. The molecule has 0 aliphatic heterocycles. The quantitative estimate of drug-likeness (QED) is 0.521. The Labute approximate surface area is 95.7 Å². The van der Waals surface area contributed by atoms with Gasteiger partial charge in [0.05, 0.1) is 9.13 Å². The van der Waals surface area contributed by atoms with Crippen LogP contribution in [0.2, 0.25) is 0 Å². The molecule has 0 fully saturated rings. The SMILES string of the molecule is CC(=O)Oc1ccc(I=O)c(C(=O)O)c1. The molecule has 80 valence electrons. The molecule has 15 heavy (non-hydrogen) atoms. The second-order valence-corrected chi connectivity index (χ2v) is 4.22. The number of rotatable bonds is 3. The second-order valence-electron chi connectivity index (χ2n) is 2.62. The summed E-state index contributed by atoms with van der Waals surface area (Å²) in [6.45, 7) is 1.22. The van der Waals surface area contributed by atoms with Crippen LogP contribution in [0, 0.1) is 3.57 Å². The first-order chi connectivity index (χ1) is 7.04. The van der Waals surface area contributed by atoms with Crippen LogP contribution in [0.3, 0.4) is 0 Å². The van der Waals surface area contributed by atoms with Gasteiger partial charge in [-0.25, -0.2) is 4.79 Å². The van der Waals surface area contributed by atoms with Crippen LogP contribution >= 0.6 is 21.2 Å². The molecule has 0 unspecified atom stereocenters. The van der Waals surface area contributed by atoms with Gasteiger partial charge in [0.2, 0.25) is 0 Å². The van der Waals surface area contributed by atoms with E-state index in [0.29, 0.717) is 0 Å². The Morgan fingerprint density at radius 2 is 2.07 bits per heavy atom. The molecule has 0 aromatic heterocycles. The van der Waals surface area contributed by atoms with Crippen LogP contribution in [0.1, 0.15) is 17.3 Å². The molecule has 0 atom stereocenters. The van der Waals surface area contributed by atoms with Gasteiger partial charge in [0, 0.05) is 6.92 Å². The van der Waals surface area contributed by atoms with Gasteiger partial charge >= 0.3 is 11.9 Å². The lowest BCUT2D eigenvalue weighted by Crippen LogP contribution is -2.04. The highest BCUT2D eigenvalue weighted by Gasteiger charge is 2.12. The third-order valence-corrected chi connectivity index (χ3v) is 2.93. The summed E-state index contributed by atoms with van der Waals surface area (Å²) in [5.74, 6) is -1.58. The van der Waals surface area contributed by atoms with Crippen molar-refractivity contribution in [3.8, 4) is 5.75 Å². The molecule has 1 aromatic rings. The van der Waals surface area contributed by atoms with Gasteiger partial charge < -0.3 is 9.84 Å². The van der Waals surface area contributed by atoms with Crippen molar-refractivity contribution < 1.29 is 22.5 Å². The van der Waals surface area contributed by atoms with E-state index in [1.807, 2.05) is 0 Å². The minimum absolute atomic E-state index is 0.0865. The Morgan fingerprint density at radius 3 is 2.53 bits per heavy atom. The van der Waals surface area contributed by atoms with Crippen molar-refractivity contribution in [2.75, 3.05) is 0 Å². The Morgan fingerprint density at radius 1 is 1.40 bits per heavy atom. The van der Waals surface area contributed by atoms with Gasteiger partial charge in [0.25, 0.3) is 0 Å². The number of ether oxygens (including phenoxy) is 1. The number of aromatic carboxylic acids is 1. The summed E-state index contributed by atoms with van der Waals surface area (Å²) in [5.41, 5.74) is -0.0865. The summed E-state index contributed by atoms with van der Waals surface area (Å²) in [6.07, 6.45) is 0. The van der Waals surface area contributed by atoms with E-state index >= 15 is 0 Å². The van der Waals surface area contributed by atoms with Crippen LogP contribution in [0.5, 0.6) is 5.75 Å². The zero-order valence-electron chi connectivity index (χ0n) is 7.69. The lowest BCUT2D eigenvalue weighted by Gasteiger charge is -2.03. The Kier molecular flexibility index (Phi) is 3.89. The fraction of sp³-hybridized carbons (Fsp3) is 0.111. The molecule has 5 nitrogen and oxygen atoms in total. The van der Waals surface area contributed by atoms with Gasteiger partial charge in [-0.3, -0.25) is 7.86 Å². The average Bonchev–Trinajstić information content (AvgIpc) is 2.16. The molecule has 0 saturated carbocycles. The molecule has 0 aliphatic rings. The van der Waals surface area contributed by atoms with E-state index in [4.69, 9.17) is 9.84 Å². The summed E-state index contributed by atoms with van der Waals surface area (Å²) < 4.78 is 15.7. The highest BCUT2D eigenvalue weighted by molar-refractivity contribution is 14.1. The van der Waals surface area contributed by atoms with Gasteiger partial charge in [0.1, 0.15) is 5.75 Å². The van der Waals surface area contributed by atoms with Crippen LogP contribution in [0.15, 0.2) is 18.2 Å². The Balaban J connectivity index is 3.15. The average molecular weight is 322 g/mol.